The van der Waals surface area contributed by atoms with Crippen LogP contribution in [0.5, 0.6) is 5.75 Å². The number of carbonyl (C=O) groups is 2. The molecule has 0 aliphatic rings. The molecule has 0 spiro atoms. The molecule has 0 aromatic heterocycles. The Kier molecular flexibility index (Phi) is 9.88. The maximum absolute atomic E-state index is 12.1. The van der Waals surface area contributed by atoms with Gasteiger partial charge in [-0.25, -0.2) is 9.18 Å². The number of methoxy groups -OCH3 is 1. The molecule has 0 radical (unpaired) electrons. The number of nitrogens with one attached hydrogen (secondary N) is 1. The van der Waals surface area contributed by atoms with Crippen molar-refractivity contribution >= 4 is 23.6 Å². The minimum absolute atomic E-state index is 0.00176. The molecule has 0 aliphatic heterocycles. The van der Waals surface area contributed by atoms with Crippen molar-refractivity contribution in [1.29, 1.82) is 0 Å². The van der Waals surface area contributed by atoms with Gasteiger partial charge in [0.1, 0.15) is 31.6 Å². The number of nitrogens with zero attached hydrogens (tertiary/aromatic N) is 3. The predicted octanol–water partition coefficient (Wildman–Crippen LogP) is 2.24. The normalized spacial score (nSPS) is 11.1. The molecule has 10 heteroatoms. The lowest BCUT2D eigenvalue weighted by Crippen LogP contribution is -2.44. The number of thioether (sulfide) groups is 1. The quantitative estimate of drug-likeness (QED) is 0.278. The molecule has 8 nitrogen and oxygen atoms in total. The molecule has 0 unspecified atom stereocenters. The summed E-state index contributed by atoms with van der Waals surface area (Å²) < 4.78 is 22.0. The maximum Gasteiger partial charge on any atom is 0.329 e. The summed E-state index contributed by atoms with van der Waals surface area (Å²) in [6.45, 7) is -0.948. The molecule has 0 fully saturated rings. The summed E-state index contributed by atoms with van der Waals surface area (Å²) in [4.78, 5) is 25.8. The highest BCUT2D eigenvalue weighted by Crippen LogP contribution is 2.19. The molecule has 0 heterocycles. The topological polar surface area (TPSA) is 113 Å². The molecule has 1 amide bonds. The molecule has 0 saturated carbocycles. The first kappa shape index (κ1) is 20.6. The van der Waals surface area contributed by atoms with E-state index in [0.717, 1.165) is 5.56 Å². The van der Waals surface area contributed by atoms with E-state index in [9.17, 15) is 14.0 Å². The van der Waals surface area contributed by atoms with Crippen LogP contribution in [0.2, 0.25) is 0 Å². The second kappa shape index (κ2) is 12.0. The molecular formula is C15H19FN4O4S. The highest BCUT2D eigenvalue weighted by atomic mass is 32.2. The van der Waals surface area contributed by atoms with E-state index in [2.05, 4.69) is 20.1 Å². The largest absolute Gasteiger partial charge is 0.491 e. The second-order valence-corrected chi connectivity index (χ2v) is 5.76. The molecule has 1 atom stereocenters. The fourth-order valence-electron chi connectivity index (χ4n) is 1.82. The van der Waals surface area contributed by atoms with E-state index in [1.165, 1.54) is 18.9 Å². The number of carbonyl (C=O) groups excluding carboxylic acids is 2. The Bertz CT molecular complexity index is 625. The zero-order valence-corrected chi connectivity index (χ0v) is 14.5. The average Bonchev–Trinajstić information content (AvgIpc) is 2.63. The number of ether oxygens (including phenoxy) is 2. The lowest BCUT2D eigenvalue weighted by Gasteiger charge is -2.15. The fourth-order valence-corrected chi connectivity index (χ4v) is 2.81. The molecule has 0 aliphatic carbocycles. The van der Waals surface area contributed by atoms with Gasteiger partial charge >= 0.3 is 5.97 Å². The number of hydrogen-bond acceptors (Lipinski definition) is 6. The van der Waals surface area contributed by atoms with Gasteiger partial charge in [0.05, 0.1) is 7.11 Å². The number of alkyl halides is 1. The summed E-state index contributed by atoms with van der Waals surface area (Å²) in [6.07, 6.45) is 0. The first-order valence-corrected chi connectivity index (χ1v) is 8.49. The monoisotopic (exact) mass is 370 g/mol. The molecule has 0 saturated heterocycles. The van der Waals surface area contributed by atoms with Crippen molar-refractivity contribution in [2.45, 2.75) is 11.8 Å². The molecular weight excluding hydrogens is 351 g/mol. The van der Waals surface area contributed by atoms with Crippen molar-refractivity contribution in [2.75, 3.05) is 32.7 Å². The van der Waals surface area contributed by atoms with Gasteiger partial charge in [0.2, 0.25) is 5.91 Å². The second-order valence-electron chi connectivity index (χ2n) is 4.73. The number of amides is 1. The van der Waals surface area contributed by atoms with E-state index in [4.69, 9.17) is 10.3 Å². The van der Waals surface area contributed by atoms with Gasteiger partial charge in [-0.3, -0.25) is 4.79 Å². The third kappa shape index (κ3) is 8.27. The van der Waals surface area contributed by atoms with Crippen LogP contribution < -0.4 is 10.1 Å². The van der Waals surface area contributed by atoms with Crippen LogP contribution in [0.25, 0.3) is 10.4 Å². The Morgan fingerprint density at radius 3 is 2.96 bits per heavy atom. The number of hydrogen-bond donors (Lipinski definition) is 1. The Labute approximate surface area is 148 Å². The van der Waals surface area contributed by atoms with Crippen LogP contribution in [0, 0.1) is 0 Å². The first-order chi connectivity index (χ1) is 12.1. The van der Waals surface area contributed by atoms with Gasteiger partial charge in [-0.1, -0.05) is 17.2 Å². The van der Waals surface area contributed by atoms with E-state index in [1.807, 2.05) is 6.07 Å². The minimum Gasteiger partial charge on any atom is -0.491 e. The first-order valence-electron chi connectivity index (χ1n) is 7.34. The zero-order chi connectivity index (χ0) is 18.5. The summed E-state index contributed by atoms with van der Waals surface area (Å²) in [5, 5.41) is 5.60. The van der Waals surface area contributed by atoms with Crippen molar-refractivity contribution in [1.82, 2.24) is 5.32 Å². The number of esters is 1. The smallest absolute Gasteiger partial charge is 0.329 e. The third-order valence-electron chi connectivity index (χ3n) is 2.90. The van der Waals surface area contributed by atoms with Crippen LogP contribution in [0.4, 0.5) is 4.39 Å². The van der Waals surface area contributed by atoms with Gasteiger partial charge in [-0.15, -0.1) is 0 Å². The van der Waals surface area contributed by atoms with Crippen LogP contribution in [-0.2, 0) is 20.1 Å². The lowest BCUT2D eigenvalue weighted by molar-refractivity contribution is -0.144. The van der Waals surface area contributed by atoms with E-state index >= 15 is 0 Å². The zero-order valence-electron chi connectivity index (χ0n) is 13.7. The number of rotatable bonds is 11. The number of azide groups is 1. The summed E-state index contributed by atoms with van der Waals surface area (Å²) >= 11 is 1.41. The van der Waals surface area contributed by atoms with Gasteiger partial charge in [0, 0.05) is 16.4 Å². The molecule has 0 bridgehead atoms. The van der Waals surface area contributed by atoms with Crippen molar-refractivity contribution in [3.8, 4) is 5.75 Å². The molecule has 1 aromatic rings. The third-order valence-corrected chi connectivity index (χ3v) is 4.00. The fraction of sp³-hybridized carbons (Fsp3) is 0.467. The Morgan fingerprint density at radius 2 is 2.28 bits per heavy atom. The van der Waals surface area contributed by atoms with Gasteiger partial charge < -0.3 is 14.8 Å². The number of benzene rings is 1. The Balaban J connectivity index is 2.54. The van der Waals surface area contributed by atoms with Crippen molar-refractivity contribution in [2.24, 2.45) is 5.11 Å². The van der Waals surface area contributed by atoms with Crippen molar-refractivity contribution < 1.29 is 23.5 Å². The van der Waals surface area contributed by atoms with Gasteiger partial charge in [0.25, 0.3) is 0 Å². The molecule has 1 N–H and O–H groups in total. The molecule has 136 valence electrons. The predicted molar refractivity (Wildman–Crippen MR) is 92.0 cm³/mol. The van der Waals surface area contributed by atoms with E-state index in [0.29, 0.717) is 11.5 Å². The lowest BCUT2D eigenvalue weighted by atomic mass is 10.2. The summed E-state index contributed by atoms with van der Waals surface area (Å²) in [6, 6.07) is 6.35. The van der Waals surface area contributed by atoms with Gasteiger partial charge in [-0.05, 0) is 23.2 Å². The Hall–Kier alpha value is -2.45. The SMILES string of the molecule is COC(=O)[C@@H](CSCc1cccc(OCCF)c1)NC(=O)CN=[N+]=[N-]. The minimum atomic E-state index is -0.845. The van der Waals surface area contributed by atoms with Gasteiger partial charge in [-0.2, -0.15) is 11.8 Å². The van der Waals surface area contributed by atoms with E-state index in [-0.39, 0.29) is 18.9 Å². The van der Waals surface area contributed by atoms with Crippen LogP contribution in [0.15, 0.2) is 29.4 Å². The molecule has 25 heavy (non-hydrogen) atoms. The standard InChI is InChI=1S/C15H19FN4O4S/c1-23-15(22)13(19-14(21)8-18-20-17)10-25-9-11-3-2-4-12(7-11)24-6-5-16/h2-4,7,13H,5-6,8-10H2,1H3,(H,19,21)/t13-/m1/s1. The van der Waals surface area contributed by atoms with E-state index < -0.39 is 24.6 Å². The van der Waals surface area contributed by atoms with Crippen molar-refractivity contribution in [3.63, 3.8) is 0 Å². The van der Waals surface area contributed by atoms with Crippen LogP contribution in [-0.4, -0.2) is 50.6 Å². The highest BCUT2D eigenvalue weighted by molar-refractivity contribution is 7.98. The van der Waals surface area contributed by atoms with Crippen molar-refractivity contribution in [3.05, 3.63) is 40.3 Å². The summed E-state index contributed by atoms with van der Waals surface area (Å²) in [7, 11) is 1.23. The van der Waals surface area contributed by atoms with Crippen LogP contribution in [0.1, 0.15) is 5.56 Å². The summed E-state index contributed by atoms with van der Waals surface area (Å²) in [5.41, 5.74) is 9.14. The average molecular weight is 370 g/mol. The Morgan fingerprint density at radius 1 is 1.48 bits per heavy atom. The highest BCUT2D eigenvalue weighted by Gasteiger charge is 2.21. The van der Waals surface area contributed by atoms with Gasteiger partial charge in [0.15, 0.2) is 0 Å². The molecule has 1 aromatic carbocycles. The van der Waals surface area contributed by atoms with Crippen LogP contribution in [0.3, 0.4) is 0 Å². The van der Waals surface area contributed by atoms with Crippen LogP contribution >= 0.6 is 11.8 Å². The number of halogens is 1. The van der Waals surface area contributed by atoms with E-state index in [1.54, 1.807) is 18.2 Å². The maximum atomic E-state index is 12.1. The summed E-state index contributed by atoms with van der Waals surface area (Å²) in [5.74, 6) is 0.275. The molecule has 1 rings (SSSR count).